The average molecular weight is 303 g/mol. The molecule has 1 rings (SSSR count). The second kappa shape index (κ2) is 8.50. The van der Waals surface area contributed by atoms with Gasteiger partial charge < -0.3 is 5.11 Å². The Morgan fingerprint density at radius 3 is 2.65 bits per heavy atom. The average Bonchev–Trinajstić information content (AvgIpc) is 2.38. The summed E-state index contributed by atoms with van der Waals surface area (Å²) >= 11 is 0. The summed E-state index contributed by atoms with van der Waals surface area (Å²) in [5.41, 5.74) is 0.713. The van der Waals surface area contributed by atoms with Crippen LogP contribution in [0, 0.1) is 10.1 Å². The van der Waals surface area contributed by atoms with E-state index in [2.05, 4.69) is 5.32 Å². The molecule has 0 spiro atoms. The van der Waals surface area contributed by atoms with E-state index in [9.17, 15) is 14.9 Å². The first-order chi connectivity index (χ1) is 8.95. The smallest absolute Gasteiger partial charge is 0.320 e. The first-order valence-electron chi connectivity index (χ1n) is 6.19. The number of carbonyl (C=O) groups is 1. The van der Waals surface area contributed by atoms with Crippen molar-refractivity contribution in [3.8, 4) is 0 Å². The van der Waals surface area contributed by atoms with Gasteiger partial charge in [-0.05, 0) is 18.9 Å². The van der Waals surface area contributed by atoms with Crippen LogP contribution in [0.2, 0.25) is 0 Å². The molecule has 0 aliphatic heterocycles. The number of carboxylic acid groups (broad SMARTS) is 1. The number of nitro benzene ring substituents is 1. The van der Waals surface area contributed by atoms with Crippen LogP contribution in [-0.4, -0.2) is 22.0 Å². The Labute approximate surface area is 123 Å². The molecule has 0 amide bonds. The Bertz CT molecular complexity index is 467. The van der Waals surface area contributed by atoms with E-state index < -0.39 is 16.9 Å². The van der Waals surface area contributed by atoms with Gasteiger partial charge in [-0.25, -0.2) is 0 Å². The number of nitrogens with one attached hydrogen (secondary N) is 1. The number of hydrogen-bond donors (Lipinski definition) is 2. The molecule has 0 fully saturated rings. The standard InChI is InChI=1S/C13H18N2O4.ClH/c1-3-5-12(13(16)17)14-9(2)10-6-4-7-11(8-10)15(18)19;/h4,6-9,12,14H,3,5H2,1-2H3,(H,16,17);1H. The highest BCUT2D eigenvalue weighted by atomic mass is 35.5. The van der Waals surface area contributed by atoms with Gasteiger partial charge in [0.2, 0.25) is 0 Å². The summed E-state index contributed by atoms with van der Waals surface area (Å²) < 4.78 is 0. The Balaban J connectivity index is 0.00000361. The maximum Gasteiger partial charge on any atom is 0.320 e. The van der Waals surface area contributed by atoms with E-state index in [1.807, 2.05) is 6.92 Å². The van der Waals surface area contributed by atoms with Gasteiger partial charge in [-0.2, -0.15) is 0 Å². The predicted molar refractivity (Wildman–Crippen MR) is 78.2 cm³/mol. The minimum absolute atomic E-state index is 0. The summed E-state index contributed by atoms with van der Waals surface area (Å²) in [6, 6.07) is 5.32. The minimum atomic E-state index is -0.904. The molecule has 112 valence electrons. The van der Waals surface area contributed by atoms with Crippen LogP contribution in [0.3, 0.4) is 0 Å². The van der Waals surface area contributed by atoms with E-state index in [4.69, 9.17) is 5.11 Å². The molecule has 0 saturated carbocycles. The fourth-order valence-electron chi connectivity index (χ4n) is 1.87. The second-order valence-corrected chi connectivity index (χ2v) is 4.42. The van der Waals surface area contributed by atoms with Gasteiger partial charge in [0, 0.05) is 18.2 Å². The number of carboxylic acids is 1. The van der Waals surface area contributed by atoms with Crippen LogP contribution in [0.15, 0.2) is 24.3 Å². The lowest BCUT2D eigenvalue weighted by Gasteiger charge is -2.20. The number of aliphatic carboxylic acids is 1. The van der Waals surface area contributed by atoms with E-state index in [0.29, 0.717) is 12.0 Å². The van der Waals surface area contributed by atoms with Crippen molar-refractivity contribution >= 4 is 24.1 Å². The topological polar surface area (TPSA) is 92.5 Å². The lowest BCUT2D eigenvalue weighted by molar-refractivity contribution is -0.384. The highest BCUT2D eigenvalue weighted by Crippen LogP contribution is 2.19. The summed E-state index contributed by atoms with van der Waals surface area (Å²) in [5.74, 6) is -0.904. The molecule has 0 heterocycles. The molecule has 2 unspecified atom stereocenters. The number of non-ortho nitro benzene ring substituents is 1. The Morgan fingerprint density at radius 1 is 1.50 bits per heavy atom. The second-order valence-electron chi connectivity index (χ2n) is 4.42. The minimum Gasteiger partial charge on any atom is -0.480 e. The van der Waals surface area contributed by atoms with Gasteiger partial charge in [0.05, 0.1) is 4.92 Å². The fraction of sp³-hybridized carbons (Fsp3) is 0.462. The highest BCUT2D eigenvalue weighted by Gasteiger charge is 2.20. The zero-order valence-electron chi connectivity index (χ0n) is 11.4. The van der Waals surface area contributed by atoms with Crippen LogP contribution >= 0.6 is 12.4 Å². The molecular weight excluding hydrogens is 284 g/mol. The number of hydrogen-bond acceptors (Lipinski definition) is 4. The third-order valence-corrected chi connectivity index (χ3v) is 2.91. The zero-order valence-corrected chi connectivity index (χ0v) is 12.2. The number of nitro groups is 1. The Kier molecular flexibility index (Phi) is 7.79. The molecule has 0 aliphatic carbocycles. The third-order valence-electron chi connectivity index (χ3n) is 2.91. The van der Waals surface area contributed by atoms with Gasteiger partial charge in [-0.15, -0.1) is 12.4 Å². The monoisotopic (exact) mass is 302 g/mol. The van der Waals surface area contributed by atoms with Gasteiger partial charge in [0.15, 0.2) is 0 Å². The van der Waals surface area contributed by atoms with E-state index >= 15 is 0 Å². The quantitative estimate of drug-likeness (QED) is 0.597. The molecule has 2 atom stereocenters. The summed E-state index contributed by atoms with van der Waals surface area (Å²) in [7, 11) is 0. The van der Waals surface area contributed by atoms with Crippen molar-refractivity contribution in [2.75, 3.05) is 0 Å². The van der Waals surface area contributed by atoms with Crippen LogP contribution in [0.5, 0.6) is 0 Å². The molecule has 2 N–H and O–H groups in total. The lowest BCUT2D eigenvalue weighted by Crippen LogP contribution is -2.38. The number of halogens is 1. The molecule has 0 bridgehead atoms. The van der Waals surface area contributed by atoms with E-state index in [0.717, 1.165) is 6.42 Å². The Hall–Kier alpha value is -1.66. The molecule has 0 aromatic heterocycles. The van der Waals surface area contributed by atoms with Gasteiger partial charge in [-0.1, -0.05) is 25.5 Å². The molecule has 6 nitrogen and oxygen atoms in total. The lowest BCUT2D eigenvalue weighted by atomic mass is 10.1. The maximum atomic E-state index is 11.1. The summed E-state index contributed by atoms with van der Waals surface area (Å²) in [5, 5.41) is 22.7. The first-order valence-corrected chi connectivity index (χ1v) is 6.19. The Morgan fingerprint density at radius 2 is 2.15 bits per heavy atom. The predicted octanol–water partition coefficient (Wildman–Crippen LogP) is 2.92. The molecule has 0 radical (unpaired) electrons. The van der Waals surface area contributed by atoms with Crippen molar-refractivity contribution < 1.29 is 14.8 Å². The molecule has 1 aromatic carbocycles. The molecule has 1 aromatic rings. The zero-order chi connectivity index (χ0) is 14.4. The normalized spacial score (nSPS) is 13.1. The number of benzene rings is 1. The van der Waals surface area contributed by atoms with Crippen molar-refractivity contribution in [3.63, 3.8) is 0 Å². The van der Waals surface area contributed by atoms with E-state index in [1.165, 1.54) is 12.1 Å². The van der Waals surface area contributed by atoms with E-state index in [-0.39, 0.29) is 24.1 Å². The SMILES string of the molecule is CCCC(NC(C)c1cccc([N+](=O)[O-])c1)C(=O)O.Cl. The van der Waals surface area contributed by atoms with Crippen LogP contribution in [0.4, 0.5) is 5.69 Å². The molecule has 0 aliphatic rings. The van der Waals surface area contributed by atoms with Crippen molar-refractivity contribution in [2.45, 2.75) is 38.8 Å². The first kappa shape index (κ1) is 18.3. The van der Waals surface area contributed by atoms with Crippen LogP contribution < -0.4 is 5.32 Å². The van der Waals surface area contributed by atoms with Crippen molar-refractivity contribution in [2.24, 2.45) is 0 Å². The van der Waals surface area contributed by atoms with Gasteiger partial charge in [0.25, 0.3) is 5.69 Å². The van der Waals surface area contributed by atoms with Gasteiger partial charge in [-0.3, -0.25) is 20.2 Å². The molecular formula is C13H19ClN2O4. The van der Waals surface area contributed by atoms with Gasteiger partial charge in [0.1, 0.15) is 6.04 Å². The summed E-state index contributed by atoms with van der Waals surface area (Å²) in [4.78, 5) is 21.3. The third kappa shape index (κ3) is 5.14. The number of rotatable bonds is 7. The van der Waals surface area contributed by atoms with Crippen LogP contribution in [0.25, 0.3) is 0 Å². The largest absolute Gasteiger partial charge is 0.480 e. The molecule has 20 heavy (non-hydrogen) atoms. The summed E-state index contributed by atoms with van der Waals surface area (Å²) in [6.07, 6.45) is 1.28. The van der Waals surface area contributed by atoms with E-state index in [1.54, 1.807) is 19.1 Å². The van der Waals surface area contributed by atoms with Gasteiger partial charge >= 0.3 is 5.97 Å². The molecule has 0 saturated heterocycles. The fourth-order valence-corrected chi connectivity index (χ4v) is 1.87. The van der Waals surface area contributed by atoms with Crippen LogP contribution in [0.1, 0.15) is 38.3 Å². The number of nitrogens with zero attached hydrogens (tertiary/aromatic N) is 1. The van der Waals surface area contributed by atoms with Crippen molar-refractivity contribution in [3.05, 3.63) is 39.9 Å². The van der Waals surface area contributed by atoms with Crippen molar-refractivity contribution in [1.29, 1.82) is 0 Å². The maximum absolute atomic E-state index is 11.1. The highest BCUT2D eigenvalue weighted by molar-refractivity contribution is 5.85. The van der Waals surface area contributed by atoms with Crippen molar-refractivity contribution in [1.82, 2.24) is 5.32 Å². The molecule has 7 heteroatoms. The summed E-state index contributed by atoms with van der Waals surface area (Å²) in [6.45, 7) is 3.71. The van der Waals surface area contributed by atoms with Crippen LogP contribution in [-0.2, 0) is 4.79 Å².